The maximum absolute atomic E-state index is 12.7. The van der Waals surface area contributed by atoms with E-state index in [-0.39, 0.29) is 18.3 Å². The standard InChI is InChI=1S/C13H15ClF3N.ClH/c14-11-6-5-9(13(15,16)17)7-10(11)12(18)8-3-1-2-4-8;/h5-8,12H,1-4,18H2;1H/t12-;/m0./s1. The fraction of sp³-hybridized carbons (Fsp3) is 0.538. The zero-order valence-electron chi connectivity index (χ0n) is 10.2. The largest absolute Gasteiger partial charge is 0.416 e. The molecule has 0 amide bonds. The molecule has 1 aliphatic carbocycles. The van der Waals surface area contributed by atoms with E-state index in [2.05, 4.69) is 0 Å². The van der Waals surface area contributed by atoms with Gasteiger partial charge >= 0.3 is 6.18 Å². The van der Waals surface area contributed by atoms with Crippen molar-refractivity contribution < 1.29 is 13.2 Å². The summed E-state index contributed by atoms with van der Waals surface area (Å²) in [6.07, 6.45) is -0.236. The Morgan fingerprint density at radius 2 is 1.79 bits per heavy atom. The molecule has 0 spiro atoms. The van der Waals surface area contributed by atoms with E-state index in [1.807, 2.05) is 0 Å². The van der Waals surface area contributed by atoms with E-state index in [4.69, 9.17) is 17.3 Å². The molecule has 0 aliphatic heterocycles. The summed E-state index contributed by atoms with van der Waals surface area (Å²) in [5.41, 5.74) is 5.79. The summed E-state index contributed by atoms with van der Waals surface area (Å²) in [6, 6.07) is 2.97. The van der Waals surface area contributed by atoms with Crippen LogP contribution in [0, 0.1) is 5.92 Å². The highest BCUT2D eigenvalue weighted by Crippen LogP contribution is 2.39. The van der Waals surface area contributed by atoms with E-state index in [0.29, 0.717) is 10.6 Å². The lowest BCUT2D eigenvalue weighted by atomic mass is 9.91. The molecule has 1 nitrogen and oxygen atoms in total. The van der Waals surface area contributed by atoms with Crippen molar-refractivity contribution in [2.24, 2.45) is 11.7 Å². The Bertz CT molecular complexity index is 428. The van der Waals surface area contributed by atoms with Gasteiger partial charge in [-0.15, -0.1) is 12.4 Å². The predicted molar refractivity (Wildman–Crippen MR) is 72.6 cm³/mol. The topological polar surface area (TPSA) is 26.0 Å². The van der Waals surface area contributed by atoms with Gasteiger partial charge in [0.25, 0.3) is 0 Å². The van der Waals surface area contributed by atoms with Gasteiger partial charge < -0.3 is 5.73 Å². The van der Waals surface area contributed by atoms with E-state index in [1.54, 1.807) is 0 Å². The second-order valence-electron chi connectivity index (χ2n) is 4.80. The third-order valence-electron chi connectivity index (χ3n) is 3.59. The summed E-state index contributed by atoms with van der Waals surface area (Å²) in [4.78, 5) is 0. The minimum Gasteiger partial charge on any atom is -0.324 e. The first kappa shape index (κ1) is 16.6. The lowest BCUT2D eigenvalue weighted by molar-refractivity contribution is -0.137. The summed E-state index contributed by atoms with van der Waals surface area (Å²) >= 11 is 5.97. The lowest BCUT2D eigenvalue weighted by Gasteiger charge is -2.21. The van der Waals surface area contributed by atoms with Crippen LogP contribution in [-0.2, 0) is 6.18 Å². The van der Waals surface area contributed by atoms with Gasteiger partial charge in [-0.05, 0) is 42.5 Å². The maximum Gasteiger partial charge on any atom is 0.416 e. The van der Waals surface area contributed by atoms with Gasteiger partial charge in [0, 0.05) is 11.1 Å². The molecule has 0 aromatic heterocycles. The molecule has 0 saturated heterocycles. The number of benzene rings is 1. The zero-order chi connectivity index (χ0) is 13.3. The third kappa shape index (κ3) is 3.77. The van der Waals surface area contributed by atoms with Crippen LogP contribution in [0.1, 0.15) is 42.9 Å². The zero-order valence-corrected chi connectivity index (χ0v) is 11.8. The molecule has 0 unspecified atom stereocenters. The second-order valence-corrected chi connectivity index (χ2v) is 5.21. The highest BCUT2D eigenvalue weighted by molar-refractivity contribution is 6.31. The lowest BCUT2D eigenvalue weighted by Crippen LogP contribution is -2.20. The van der Waals surface area contributed by atoms with Gasteiger partial charge in [-0.3, -0.25) is 0 Å². The molecule has 2 rings (SSSR count). The van der Waals surface area contributed by atoms with Crippen LogP contribution in [0.4, 0.5) is 13.2 Å². The molecule has 0 radical (unpaired) electrons. The Hall–Kier alpha value is -0.450. The monoisotopic (exact) mass is 313 g/mol. The molecule has 1 atom stereocenters. The van der Waals surface area contributed by atoms with E-state index in [9.17, 15) is 13.2 Å². The minimum atomic E-state index is -4.35. The molecule has 1 fully saturated rings. The summed E-state index contributed by atoms with van der Waals surface area (Å²) in [6.45, 7) is 0. The average molecular weight is 314 g/mol. The van der Waals surface area contributed by atoms with Crippen LogP contribution in [0.25, 0.3) is 0 Å². The van der Waals surface area contributed by atoms with Crippen LogP contribution in [0.15, 0.2) is 18.2 Å². The summed E-state index contributed by atoms with van der Waals surface area (Å²) in [5.74, 6) is 0.242. The molecule has 1 aromatic rings. The number of hydrogen-bond acceptors (Lipinski definition) is 1. The van der Waals surface area contributed by atoms with Crippen molar-refractivity contribution >= 4 is 24.0 Å². The maximum atomic E-state index is 12.7. The number of hydrogen-bond donors (Lipinski definition) is 1. The van der Waals surface area contributed by atoms with Crippen molar-refractivity contribution in [3.05, 3.63) is 34.3 Å². The molecule has 0 bridgehead atoms. The van der Waals surface area contributed by atoms with Crippen molar-refractivity contribution in [1.82, 2.24) is 0 Å². The van der Waals surface area contributed by atoms with E-state index in [1.165, 1.54) is 6.07 Å². The molecule has 108 valence electrons. The Balaban J connectivity index is 0.00000180. The van der Waals surface area contributed by atoms with Gasteiger partial charge in [0.05, 0.1) is 5.56 Å². The first-order valence-electron chi connectivity index (χ1n) is 6.02. The van der Waals surface area contributed by atoms with E-state index in [0.717, 1.165) is 37.8 Å². The van der Waals surface area contributed by atoms with Crippen molar-refractivity contribution in [2.45, 2.75) is 37.9 Å². The van der Waals surface area contributed by atoms with Crippen molar-refractivity contribution in [2.75, 3.05) is 0 Å². The Morgan fingerprint density at radius 1 is 1.21 bits per heavy atom. The third-order valence-corrected chi connectivity index (χ3v) is 3.93. The highest BCUT2D eigenvalue weighted by atomic mass is 35.5. The molecule has 2 N–H and O–H groups in total. The molecular formula is C13H16Cl2F3N. The van der Waals surface area contributed by atoms with Crippen molar-refractivity contribution in [3.8, 4) is 0 Å². The predicted octanol–water partition coefficient (Wildman–Crippen LogP) is 4.97. The van der Waals surface area contributed by atoms with Gasteiger partial charge in [0.2, 0.25) is 0 Å². The first-order chi connectivity index (χ1) is 8.39. The molecule has 19 heavy (non-hydrogen) atoms. The fourth-order valence-corrected chi connectivity index (χ4v) is 2.79. The SMILES string of the molecule is Cl.N[C@H](c1cc(C(F)(F)F)ccc1Cl)C1CCCC1. The normalized spacial score (nSPS) is 18.2. The number of nitrogens with two attached hydrogens (primary N) is 1. The molecule has 0 heterocycles. The van der Waals surface area contributed by atoms with Crippen molar-refractivity contribution in [3.63, 3.8) is 0 Å². The second kappa shape index (κ2) is 6.33. The number of rotatable bonds is 2. The molecule has 6 heteroatoms. The molecule has 1 aromatic carbocycles. The highest BCUT2D eigenvalue weighted by Gasteiger charge is 2.32. The van der Waals surface area contributed by atoms with Crippen LogP contribution in [-0.4, -0.2) is 0 Å². The summed E-state index contributed by atoms with van der Waals surface area (Å²) < 4.78 is 38.0. The Morgan fingerprint density at radius 3 is 2.32 bits per heavy atom. The van der Waals surface area contributed by atoms with Crippen molar-refractivity contribution in [1.29, 1.82) is 0 Å². The quantitative estimate of drug-likeness (QED) is 0.819. The fourth-order valence-electron chi connectivity index (χ4n) is 2.55. The van der Waals surface area contributed by atoms with Crippen LogP contribution in [0.5, 0.6) is 0 Å². The van der Waals surface area contributed by atoms with E-state index >= 15 is 0 Å². The summed E-state index contributed by atoms with van der Waals surface area (Å²) in [7, 11) is 0. The average Bonchev–Trinajstić information content (AvgIpc) is 2.80. The molecule has 1 aliphatic rings. The summed E-state index contributed by atoms with van der Waals surface area (Å²) in [5, 5.41) is 0.322. The van der Waals surface area contributed by atoms with Crippen LogP contribution in [0.2, 0.25) is 5.02 Å². The number of halogens is 5. The molecule has 1 saturated carbocycles. The Kier molecular flexibility index (Phi) is 5.53. The van der Waals surface area contributed by atoms with Gasteiger partial charge in [-0.2, -0.15) is 13.2 Å². The first-order valence-corrected chi connectivity index (χ1v) is 6.39. The van der Waals surface area contributed by atoms with Gasteiger partial charge in [0.15, 0.2) is 0 Å². The minimum absolute atomic E-state index is 0. The smallest absolute Gasteiger partial charge is 0.324 e. The van der Waals surface area contributed by atoms with Crippen LogP contribution in [0.3, 0.4) is 0 Å². The van der Waals surface area contributed by atoms with Crippen LogP contribution >= 0.6 is 24.0 Å². The Labute approximate surface area is 121 Å². The van der Waals surface area contributed by atoms with E-state index < -0.39 is 17.8 Å². The number of alkyl halides is 3. The van der Waals surface area contributed by atoms with Gasteiger partial charge in [0.1, 0.15) is 0 Å². The molecular weight excluding hydrogens is 298 g/mol. The van der Waals surface area contributed by atoms with Crippen LogP contribution < -0.4 is 5.73 Å². The van der Waals surface area contributed by atoms with Gasteiger partial charge in [-0.25, -0.2) is 0 Å². The van der Waals surface area contributed by atoms with Gasteiger partial charge in [-0.1, -0.05) is 24.4 Å².